The molecule has 2 heterocycles. The fraction of sp³-hybridized carbons (Fsp3) is 0.286. The van der Waals surface area contributed by atoms with Crippen molar-refractivity contribution in [3.05, 3.63) is 42.6 Å². The maximum atomic E-state index is 12.2. The third kappa shape index (κ3) is 6.55. The Balaban J connectivity index is 1.52. The Kier molecular flexibility index (Phi) is 8.22. The number of rotatable bonds is 8. The van der Waals surface area contributed by atoms with Crippen molar-refractivity contribution in [2.75, 3.05) is 16.8 Å². The molecule has 0 aliphatic carbocycles. The molecule has 0 aliphatic rings. The minimum atomic E-state index is -0.0419. The van der Waals surface area contributed by atoms with Crippen LogP contribution in [0, 0.1) is 11.8 Å². The summed E-state index contributed by atoms with van der Waals surface area (Å²) >= 11 is 4.82. The average Bonchev–Trinajstić information content (AvgIpc) is 3.12. The van der Waals surface area contributed by atoms with Gasteiger partial charge in [0.05, 0.1) is 21.0 Å². The molecule has 0 spiro atoms. The Labute approximate surface area is 177 Å². The van der Waals surface area contributed by atoms with E-state index >= 15 is 0 Å². The molecule has 0 fully saturated rings. The van der Waals surface area contributed by atoms with Crippen LogP contribution >= 0.6 is 34.9 Å². The number of aromatic nitrogens is 2. The summed E-state index contributed by atoms with van der Waals surface area (Å²) in [7, 11) is 0. The molecule has 0 saturated carbocycles. The van der Waals surface area contributed by atoms with E-state index in [-0.39, 0.29) is 5.91 Å². The van der Waals surface area contributed by atoms with Crippen LogP contribution in [0.3, 0.4) is 0 Å². The van der Waals surface area contributed by atoms with Gasteiger partial charge in [-0.3, -0.25) is 4.79 Å². The second-order valence-corrected chi connectivity index (χ2v) is 9.24. The standard InChI is InChI=1S/C21H21N3OS3/c1-2-3-4-5-8-13-26-21-24-17-11-10-16(14-18(17)28-21)23-19(25)15-27-20-9-6-7-12-22-20/h6-7,9-12,14H,2-3,8,13,15H2,1H3,(H,23,25). The summed E-state index contributed by atoms with van der Waals surface area (Å²) < 4.78 is 2.12. The minimum absolute atomic E-state index is 0.0419. The predicted octanol–water partition coefficient (Wildman–Crippen LogP) is 5.71. The Hall–Kier alpha value is -2.01. The molecule has 1 aromatic carbocycles. The van der Waals surface area contributed by atoms with Crippen molar-refractivity contribution in [2.24, 2.45) is 0 Å². The normalized spacial score (nSPS) is 10.5. The number of benzene rings is 1. The van der Waals surface area contributed by atoms with Crippen LogP contribution in [0.1, 0.15) is 26.2 Å². The van der Waals surface area contributed by atoms with E-state index in [0.29, 0.717) is 5.75 Å². The van der Waals surface area contributed by atoms with E-state index < -0.39 is 0 Å². The van der Waals surface area contributed by atoms with E-state index in [0.717, 1.165) is 50.3 Å². The second kappa shape index (κ2) is 11.1. The molecule has 0 bridgehead atoms. The molecule has 1 N–H and O–H groups in total. The van der Waals surface area contributed by atoms with Crippen LogP contribution < -0.4 is 5.32 Å². The maximum Gasteiger partial charge on any atom is 0.234 e. The molecule has 0 aliphatic heterocycles. The molecule has 7 heteroatoms. The van der Waals surface area contributed by atoms with Crippen LogP contribution in [0.2, 0.25) is 0 Å². The number of nitrogens with zero attached hydrogens (tertiary/aromatic N) is 2. The Morgan fingerprint density at radius 2 is 2.07 bits per heavy atom. The lowest BCUT2D eigenvalue weighted by Crippen LogP contribution is -2.13. The number of thioether (sulfide) groups is 2. The molecule has 144 valence electrons. The van der Waals surface area contributed by atoms with Crippen molar-refractivity contribution in [1.82, 2.24) is 9.97 Å². The van der Waals surface area contributed by atoms with Gasteiger partial charge in [-0.25, -0.2) is 9.97 Å². The number of unbranched alkanes of at least 4 members (excludes halogenated alkanes) is 1. The molecule has 0 saturated heterocycles. The van der Waals surface area contributed by atoms with Gasteiger partial charge in [0.2, 0.25) is 5.91 Å². The number of anilines is 1. The van der Waals surface area contributed by atoms with Crippen molar-refractivity contribution in [1.29, 1.82) is 0 Å². The third-order valence-electron chi connectivity index (χ3n) is 3.59. The number of carbonyl (C=O) groups excluding carboxylic acids is 1. The number of pyridine rings is 1. The molecule has 28 heavy (non-hydrogen) atoms. The number of fused-ring (bicyclic) bond motifs is 1. The summed E-state index contributed by atoms with van der Waals surface area (Å²) in [4.78, 5) is 21.1. The third-order valence-corrected chi connectivity index (χ3v) is 6.70. The number of nitrogens with one attached hydrogen (secondary N) is 1. The largest absolute Gasteiger partial charge is 0.325 e. The Bertz CT molecular complexity index is 977. The number of thiazole rings is 1. The number of carbonyl (C=O) groups is 1. The van der Waals surface area contributed by atoms with E-state index in [1.165, 1.54) is 11.8 Å². The highest BCUT2D eigenvalue weighted by molar-refractivity contribution is 8.01. The highest BCUT2D eigenvalue weighted by Crippen LogP contribution is 2.31. The molecule has 0 radical (unpaired) electrons. The van der Waals surface area contributed by atoms with Crippen molar-refractivity contribution in [3.8, 4) is 11.8 Å². The number of hydrogen-bond donors (Lipinski definition) is 1. The van der Waals surface area contributed by atoms with Gasteiger partial charge in [-0.2, -0.15) is 0 Å². The van der Waals surface area contributed by atoms with E-state index in [1.807, 2.05) is 36.4 Å². The van der Waals surface area contributed by atoms with Gasteiger partial charge in [-0.15, -0.1) is 23.2 Å². The molecule has 0 unspecified atom stereocenters. The lowest BCUT2D eigenvalue weighted by Gasteiger charge is -2.04. The zero-order valence-electron chi connectivity index (χ0n) is 15.6. The van der Waals surface area contributed by atoms with Crippen molar-refractivity contribution >= 4 is 56.7 Å². The Morgan fingerprint density at radius 1 is 1.18 bits per heavy atom. The predicted molar refractivity (Wildman–Crippen MR) is 121 cm³/mol. The number of hydrogen-bond acceptors (Lipinski definition) is 6. The van der Waals surface area contributed by atoms with E-state index in [4.69, 9.17) is 0 Å². The monoisotopic (exact) mass is 427 g/mol. The van der Waals surface area contributed by atoms with Gasteiger partial charge >= 0.3 is 0 Å². The SMILES string of the molecule is CCCC#CCCSc1nc2ccc(NC(=O)CSc3ccccn3)cc2s1. The van der Waals surface area contributed by atoms with Gasteiger partial charge < -0.3 is 5.32 Å². The first kappa shape index (κ1) is 20.7. The first-order chi connectivity index (χ1) is 13.7. The molecule has 2 aromatic heterocycles. The van der Waals surface area contributed by atoms with Gasteiger partial charge in [0.1, 0.15) is 0 Å². The van der Waals surface area contributed by atoms with Gasteiger partial charge in [0, 0.05) is 30.5 Å². The smallest absolute Gasteiger partial charge is 0.234 e. The first-order valence-corrected chi connectivity index (χ1v) is 11.9. The molecule has 3 aromatic rings. The zero-order chi connectivity index (χ0) is 19.6. The van der Waals surface area contributed by atoms with E-state index in [9.17, 15) is 4.79 Å². The summed E-state index contributed by atoms with van der Waals surface area (Å²) in [6, 6.07) is 11.5. The van der Waals surface area contributed by atoms with Crippen LogP contribution in [0.25, 0.3) is 10.2 Å². The molecular formula is C21H21N3OS3. The lowest BCUT2D eigenvalue weighted by molar-refractivity contribution is -0.113. The second-order valence-electron chi connectivity index (χ2n) is 5.87. The maximum absolute atomic E-state index is 12.2. The first-order valence-electron chi connectivity index (χ1n) is 9.07. The van der Waals surface area contributed by atoms with Crippen molar-refractivity contribution in [3.63, 3.8) is 0 Å². The van der Waals surface area contributed by atoms with Crippen molar-refractivity contribution < 1.29 is 4.79 Å². The lowest BCUT2D eigenvalue weighted by atomic mass is 10.3. The molecular weight excluding hydrogens is 406 g/mol. The summed E-state index contributed by atoms with van der Waals surface area (Å²) in [6.07, 6.45) is 4.69. The quantitative estimate of drug-likeness (QED) is 0.284. The topological polar surface area (TPSA) is 54.9 Å². The minimum Gasteiger partial charge on any atom is -0.325 e. The van der Waals surface area contributed by atoms with Crippen LogP contribution in [0.4, 0.5) is 5.69 Å². The summed E-state index contributed by atoms with van der Waals surface area (Å²) in [6.45, 7) is 2.14. The van der Waals surface area contributed by atoms with Gasteiger partial charge in [0.25, 0.3) is 0 Å². The average molecular weight is 428 g/mol. The zero-order valence-corrected chi connectivity index (χ0v) is 18.1. The fourth-order valence-corrected chi connectivity index (χ4v) is 5.00. The van der Waals surface area contributed by atoms with Gasteiger partial charge in [-0.05, 0) is 36.8 Å². The highest BCUT2D eigenvalue weighted by atomic mass is 32.2. The van der Waals surface area contributed by atoms with Crippen LogP contribution in [-0.4, -0.2) is 27.4 Å². The molecule has 0 atom stereocenters. The van der Waals surface area contributed by atoms with E-state index in [2.05, 4.69) is 34.0 Å². The fourth-order valence-electron chi connectivity index (χ4n) is 2.30. The number of amides is 1. The summed E-state index contributed by atoms with van der Waals surface area (Å²) in [5.41, 5.74) is 1.76. The summed E-state index contributed by atoms with van der Waals surface area (Å²) in [5, 5.41) is 3.80. The van der Waals surface area contributed by atoms with Crippen LogP contribution in [0.5, 0.6) is 0 Å². The van der Waals surface area contributed by atoms with Gasteiger partial charge in [0.15, 0.2) is 4.34 Å². The van der Waals surface area contributed by atoms with Crippen LogP contribution in [0.15, 0.2) is 52.0 Å². The van der Waals surface area contributed by atoms with Crippen LogP contribution in [-0.2, 0) is 4.79 Å². The Morgan fingerprint density at radius 3 is 2.89 bits per heavy atom. The van der Waals surface area contributed by atoms with E-state index in [1.54, 1.807) is 29.3 Å². The summed E-state index contributed by atoms with van der Waals surface area (Å²) in [5.74, 6) is 7.60. The molecule has 4 nitrogen and oxygen atoms in total. The highest BCUT2D eigenvalue weighted by Gasteiger charge is 2.08. The molecule has 3 rings (SSSR count). The van der Waals surface area contributed by atoms with Crippen molar-refractivity contribution in [2.45, 2.75) is 35.6 Å². The van der Waals surface area contributed by atoms with Gasteiger partial charge in [-0.1, -0.05) is 36.5 Å². The molecule has 1 amide bonds.